The lowest BCUT2D eigenvalue weighted by molar-refractivity contribution is -0.116. The van der Waals surface area contributed by atoms with Crippen molar-refractivity contribution in [2.75, 3.05) is 7.11 Å². The molecule has 1 aromatic carbocycles. The van der Waals surface area contributed by atoms with E-state index < -0.39 is 0 Å². The summed E-state index contributed by atoms with van der Waals surface area (Å²) in [4.78, 5) is 16.3. The molecule has 1 amide bonds. The molecule has 1 heterocycles. The van der Waals surface area contributed by atoms with Gasteiger partial charge in [0.15, 0.2) is 11.5 Å². The lowest BCUT2D eigenvalue weighted by Crippen LogP contribution is -2.20. The SMILES string of the molecule is COc1cc(/C=C/C(=O)NCc2cccc(C)n2)ccc1OC(C)C. The zero-order valence-corrected chi connectivity index (χ0v) is 15.1. The fourth-order valence-electron chi connectivity index (χ4n) is 2.25. The summed E-state index contributed by atoms with van der Waals surface area (Å²) in [6.07, 6.45) is 3.30. The Kier molecular flexibility index (Phi) is 6.57. The molecular weight excluding hydrogens is 316 g/mol. The lowest BCUT2D eigenvalue weighted by atomic mass is 10.2. The summed E-state index contributed by atoms with van der Waals surface area (Å²) in [5.41, 5.74) is 2.62. The zero-order valence-electron chi connectivity index (χ0n) is 15.1. The van der Waals surface area contributed by atoms with E-state index in [4.69, 9.17) is 9.47 Å². The molecule has 0 spiro atoms. The highest BCUT2D eigenvalue weighted by Gasteiger charge is 2.06. The number of nitrogens with one attached hydrogen (secondary N) is 1. The molecule has 132 valence electrons. The molecule has 0 unspecified atom stereocenters. The van der Waals surface area contributed by atoms with Gasteiger partial charge in [0.2, 0.25) is 5.91 Å². The first-order chi connectivity index (χ1) is 12.0. The number of hydrogen-bond acceptors (Lipinski definition) is 4. The van der Waals surface area contributed by atoms with Gasteiger partial charge in [0, 0.05) is 11.8 Å². The Morgan fingerprint density at radius 3 is 2.72 bits per heavy atom. The van der Waals surface area contributed by atoms with Crippen LogP contribution in [-0.4, -0.2) is 24.1 Å². The molecule has 1 aromatic heterocycles. The van der Waals surface area contributed by atoms with E-state index in [-0.39, 0.29) is 12.0 Å². The third kappa shape index (κ3) is 5.95. The van der Waals surface area contributed by atoms with E-state index in [2.05, 4.69) is 10.3 Å². The summed E-state index contributed by atoms with van der Waals surface area (Å²) in [6, 6.07) is 11.3. The zero-order chi connectivity index (χ0) is 18.2. The van der Waals surface area contributed by atoms with Crippen LogP contribution in [0, 0.1) is 6.92 Å². The molecular formula is C20H24N2O3. The first-order valence-corrected chi connectivity index (χ1v) is 8.21. The summed E-state index contributed by atoms with van der Waals surface area (Å²) >= 11 is 0. The van der Waals surface area contributed by atoms with Gasteiger partial charge in [-0.25, -0.2) is 0 Å². The van der Waals surface area contributed by atoms with Gasteiger partial charge in [-0.15, -0.1) is 0 Å². The fraction of sp³-hybridized carbons (Fsp3) is 0.300. The molecule has 2 rings (SSSR count). The third-order valence-electron chi connectivity index (χ3n) is 3.37. The monoisotopic (exact) mass is 340 g/mol. The van der Waals surface area contributed by atoms with Crippen molar-refractivity contribution >= 4 is 12.0 Å². The molecule has 5 heteroatoms. The van der Waals surface area contributed by atoms with Gasteiger partial charge in [-0.05, 0) is 56.7 Å². The van der Waals surface area contributed by atoms with Crippen LogP contribution in [-0.2, 0) is 11.3 Å². The van der Waals surface area contributed by atoms with E-state index in [0.29, 0.717) is 18.0 Å². The van der Waals surface area contributed by atoms with Gasteiger partial charge in [0.05, 0.1) is 25.5 Å². The number of methoxy groups -OCH3 is 1. The Morgan fingerprint density at radius 1 is 1.24 bits per heavy atom. The van der Waals surface area contributed by atoms with Crippen LogP contribution in [0.4, 0.5) is 0 Å². The number of benzene rings is 1. The summed E-state index contributed by atoms with van der Waals surface area (Å²) in [7, 11) is 1.59. The third-order valence-corrected chi connectivity index (χ3v) is 3.37. The number of carbonyl (C=O) groups is 1. The van der Waals surface area contributed by atoms with Crippen molar-refractivity contribution < 1.29 is 14.3 Å². The predicted octanol–water partition coefficient (Wildman–Crippen LogP) is 3.52. The molecule has 0 radical (unpaired) electrons. The second-order valence-corrected chi connectivity index (χ2v) is 5.90. The van der Waals surface area contributed by atoms with E-state index in [9.17, 15) is 4.79 Å². The van der Waals surface area contributed by atoms with Crippen molar-refractivity contribution in [1.29, 1.82) is 0 Å². The van der Waals surface area contributed by atoms with E-state index in [1.54, 1.807) is 13.2 Å². The number of aryl methyl sites for hydroxylation is 1. The molecule has 1 N–H and O–H groups in total. The molecule has 0 saturated heterocycles. The average molecular weight is 340 g/mol. The van der Waals surface area contributed by atoms with Crippen LogP contribution in [0.25, 0.3) is 6.08 Å². The number of nitrogens with zero attached hydrogens (tertiary/aromatic N) is 1. The number of pyridine rings is 1. The van der Waals surface area contributed by atoms with E-state index >= 15 is 0 Å². The highest BCUT2D eigenvalue weighted by molar-refractivity contribution is 5.91. The summed E-state index contributed by atoms with van der Waals surface area (Å²) in [6.45, 7) is 6.24. The highest BCUT2D eigenvalue weighted by Crippen LogP contribution is 2.29. The second kappa shape index (κ2) is 8.87. The minimum atomic E-state index is -0.176. The van der Waals surface area contributed by atoms with Gasteiger partial charge in [0.1, 0.15) is 0 Å². The molecule has 5 nitrogen and oxygen atoms in total. The number of aromatic nitrogens is 1. The molecule has 0 atom stereocenters. The fourth-order valence-corrected chi connectivity index (χ4v) is 2.25. The van der Waals surface area contributed by atoms with Crippen LogP contribution in [0.5, 0.6) is 11.5 Å². The van der Waals surface area contributed by atoms with Crippen molar-refractivity contribution in [3.63, 3.8) is 0 Å². The maximum absolute atomic E-state index is 12.0. The minimum Gasteiger partial charge on any atom is -0.493 e. The largest absolute Gasteiger partial charge is 0.493 e. The normalized spacial score (nSPS) is 10.9. The lowest BCUT2D eigenvalue weighted by Gasteiger charge is -2.13. The van der Waals surface area contributed by atoms with Gasteiger partial charge in [0.25, 0.3) is 0 Å². The Labute approximate surface area is 148 Å². The molecule has 0 fully saturated rings. The van der Waals surface area contributed by atoms with Crippen molar-refractivity contribution in [3.05, 3.63) is 59.4 Å². The van der Waals surface area contributed by atoms with Crippen molar-refractivity contribution in [1.82, 2.24) is 10.3 Å². The van der Waals surface area contributed by atoms with Crippen molar-refractivity contribution in [3.8, 4) is 11.5 Å². The highest BCUT2D eigenvalue weighted by atomic mass is 16.5. The Hall–Kier alpha value is -2.82. The summed E-state index contributed by atoms with van der Waals surface area (Å²) < 4.78 is 11.0. The average Bonchev–Trinajstić information content (AvgIpc) is 2.58. The van der Waals surface area contributed by atoms with Gasteiger partial charge < -0.3 is 14.8 Å². The van der Waals surface area contributed by atoms with Crippen LogP contribution in [0.3, 0.4) is 0 Å². The van der Waals surface area contributed by atoms with Crippen LogP contribution < -0.4 is 14.8 Å². The van der Waals surface area contributed by atoms with Gasteiger partial charge in [-0.1, -0.05) is 12.1 Å². The number of amides is 1. The molecule has 0 saturated carbocycles. The Morgan fingerprint density at radius 2 is 2.04 bits per heavy atom. The maximum Gasteiger partial charge on any atom is 0.244 e. The number of rotatable bonds is 7. The first kappa shape index (κ1) is 18.5. The number of ether oxygens (including phenoxy) is 2. The smallest absolute Gasteiger partial charge is 0.244 e. The van der Waals surface area contributed by atoms with E-state index in [1.165, 1.54) is 6.08 Å². The molecule has 2 aromatic rings. The van der Waals surface area contributed by atoms with Crippen molar-refractivity contribution in [2.45, 2.75) is 33.4 Å². The predicted molar refractivity (Wildman–Crippen MR) is 98.6 cm³/mol. The van der Waals surface area contributed by atoms with Gasteiger partial charge in [-0.3, -0.25) is 9.78 Å². The van der Waals surface area contributed by atoms with Gasteiger partial charge >= 0.3 is 0 Å². The number of carbonyl (C=O) groups excluding carboxylic acids is 1. The maximum atomic E-state index is 12.0. The van der Waals surface area contributed by atoms with Crippen LogP contribution in [0.2, 0.25) is 0 Å². The van der Waals surface area contributed by atoms with Crippen molar-refractivity contribution in [2.24, 2.45) is 0 Å². The quantitative estimate of drug-likeness (QED) is 0.784. The van der Waals surface area contributed by atoms with E-state index in [0.717, 1.165) is 17.0 Å². The topological polar surface area (TPSA) is 60.5 Å². The number of hydrogen-bond donors (Lipinski definition) is 1. The molecule has 0 aliphatic rings. The molecule has 0 aliphatic carbocycles. The minimum absolute atomic E-state index is 0.0660. The van der Waals surface area contributed by atoms with Crippen LogP contribution >= 0.6 is 0 Å². The standard InChI is InChI=1S/C20H24N2O3/c1-14(2)25-18-10-8-16(12-19(18)24-4)9-11-20(23)21-13-17-7-5-6-15(3)22-17/h5-12,14H,13H2,1-4H3,(H,21,23)/b11-9+. The van der Waals surface area contributed by atoms with Gasteiger partial charge in [-0.2, -0.15) is 0 Å². The molecule has 0 aliphatic heterocycles. The Bertz CT molecular complexity index is 754. The molecule has 25 heavy (non-hydrogen) atoms. The Balaban J connectivity index is 1.97. The summed E-state index contributed by atoms with van der Waals surface area (Å²) in [5, 5.41) is 2.82. The first-order valence-electron chi connectivity index (χ1n) is 8.21. The van der Waals surface area contributed by atoms with Crippen LogP contribution in [0.1, 0.15) is 30.8 Å². The summed E-state index contributed by atoms with van der Waals surface area (Å²) in [5.74, 6) is 1.15. The molecule has 0 bridgehead atoms. The second-order valence-electron chi connectivity index (χ2n) is 5.90. The van der Waals surface area contributed by atoms with E-state index in [1.807, 2.05) is 57.2 Å². The van der Waals surface area contributed by atoms with Crippen LogP contribution in [0.15, 0.2) is 42.5 Å².